The lowest BCUT2D eigenvalue weighted by atomic mass is 10.1. The average molecular weight is 288 g/mol. The first kappa shape index (κ1) is 14.9. The summed E-state index contributed by atoms with van der Waals surface area (Å²) < 4.78 is 6.92. The maximum absolute atomic E-state index is 11.6. The number of rotatable bonds is 6. The third kappa shape index (κ3) is 3.75. The Labute approximate surface area is 123 Å². The van der Waals surface area contributed by atoms with Gasteiger partial charge < -0.3 is 20.4 Å². The van der Waals surface area contributed by atoms with Crippen LogP contribution in [-0.4, -0.2) is 28.7 Å². The molecule has 112 valence electrons. The molecule has 2 aromatic rings. The van der Waals surface area contributed by atoms with Crippen molar-refractivity contribution in [2.24, 2.45) is 7.05 Å². The minimum absolute atomic E-state index is 0.350. The zero-order chi connectivity index (χ0) is 15.2. The number of carbonyl (C=O) groups excluding carboxylic acids is 1. The largest absolute Gasteiger partial charge is 0.462 e. The number of aryl methyl sites for hydroxylation is 1. The Kier molecular flexibility index (Phi) is 4.81. The summed E-state index contributed by atoms with van der Waals surface area (Å²) in [4.78, 5) is 15.9. The van der Waals surface area contributed by atoms with Gasteiger partial charge in [-0.1, -0.05) is 0 Å². The average Bonchev–Trinajstić information content (AvgIpc) is 2.86. The van der Waals surface area contributed by atoms with E-state index in [2.05, 4.69) is 10.3 Å². The molecule has 1 aromatic carbocycles. The van der Waals surface area contributed by atoms with Crippen molar-refractivity contribution in [2.45, 2.75) is 13.3 Å². The number of anilines is 2. The molecule has 6 nitrogen and oxygen atoms in total. The number of nitrogen functional groups attached to an aromatic ring is 1. The van der Waals surface area contributed by atoms with Crippen molar-refractivity contribution in [1.29, 1.82) is 0 Å². The van der Waals surface area contributed by atoms with Crippen LogP contribution in [0.5, 0.6) is 0 Å². The Morgan fingerprint density at radius 2 is 2.29 bits per heavy atom. The Hall–Kier alpha value is -2.50. The second kappa shape index (κ2) is 6.78. The Bertz CT molecular complexity index is 622. The summed E-state index contributed by atoms with van der Waals surface area (Å²) in [6.45, 7) is 2.84. The van der Waals surface area contributed by atoms with Gasteiger partial charge in [0.25, 0.3) is 0 Å². The molecule has 3 N–H and O–H groups in total. The number of hydrogen-bond acceptors (Lipinski definition) is 5. The summed E-state index contributed by atoms with van der Waals surface area (Å²) in [5.41, 5.74) is 7.75. The molecule has 0 radical (unpaired) electrons. The van der Waals surface area contributed by atoms with Gasteiger partial charge in [0, 0.05) is 32.4 Å². The van der Waals surface area contributed by atoms with Crippen LogP contribution in [0.15, 0.2) is 30.6 Å². The van der Waals surface area contributed by atoms with E-state index in [-0.39, 0.29) is 5.97 Å². The van der Waals surface area contributed by atoms with Crippen LogP contribution < -0.4 is 11.1 Å². The van der Waals surface area contributed by atoms with Gasteiger partial charge in [-0.2, -0.15) is 0 Å². The zero-order valence-electron chi connectivity index (χ0n) is 12.3. The topological polar surface area (TPSA) is 82.2 Å². The van der Waals surface area contributed by atoms with Crippen LogP contribution in [-0.2, 0) is 18.2 Å². The molecule has 0 bridgehead atoms. The molecule has 0 spiro atoms. The van der Waals surface area contributed by atoms with Crippen LogP contribution in [0.4, 0.5) is 11.4 Å². The molecule has 0 aliphatic heterocycles. The smallest absolute Gasteiger partial charge is 0.338 e. The molecule has 0 unspecified atom stereocenters. The SMILES string of the molecule is CCOC(=O)c1ccc(NCCc2nccn2C)c(N)c1. The fraction of sp³-hybridized carbons (Fsp3) is 0.333. The van der Waals surface area contributed by atoms with E-state index < -0.39 is 0 Å². The fourth-order valence-electron chi connectivity index (χ4n) is 2.01. The molecular weight excluding hydrogens is 268 g/mol. The summed E-state index contributed by atoms with van der Waals surface area (Å²) in [5, 5.41) is 3.25. The van der Waals surface area contributed by atoms with Crippen molar-refractivity contribution in [3.05, 3.63) is 42.0 Å². The predicted molar refractivity (Wildman–Crippen MR) is 82.2 cm³/mol. The third-order valence-electron chi connectivity index (χ3n) is 3.15. The first-order valence-corrected chi connectivity index (χ1v) is 6.88. The Balaban J connectivity index is 1.95. The number of aromatic nitrogens is 2. The number of imidazole rings is 1. The maximum Gasteiger partial charge on any atom is 0.338 e. The minimum atomic E-state index is -0.358. The van der Waals surface area contributed by atoms with E-state index >= 15 is 0 Å². The molecule has 6 heteroatoms. The lowest BCUT2D eigenvalue weighted by Gasteiger charge is -2.10. The van der Waals surface area contributed by atoms with Gasteiger partial charge in [-0.3, -0.25) is 0 Å². The van der Waals surface area contributed by atoms with Gasteiger partial charge in [-0.15, -0.1) is 0 Å². The number of hydrogen-bond donors (Lipinski definition) is 2. The molecule has 1 heterocycles. The van der Waals surface area contributed by atoms with Gasteiger partial charge in [0.05, 0.1) is 23.5 Å². The number of nitrogens with two attached hydrogens (primary N) is 1. The first-order chi connectivity index (χ1) is 10.1. The summed E-state index contributed by atoms with van der Waals surface area (Å²) in [6.07, 6.45) is 4.48. The van der Waals surface area contributed by atoms with E-state index in [1.807, 2.05) is 17.8 Å². The molecule has 0 fully saturated rings. The summed E-state index contributed by atoms with van der Waals surface area (Å²) in [5.74, 6) is 0.646. The van der Waals surface area contributed by atoms with Crippen molar-refractivity contribution in [3.63, 3.8) is 0 Å². The Morgan fingerprint density at radius 3 is 2.90 bits per heavy atom. The Morgan fingerprint density at radius 1 is 1.48 bits per heavy atom. The van der Waals surface area contributed by atoms with Crippen molar-refractivity contribution >= 4 is 17.3 Å². The van der Waals surface area contributed by atoms with Crippen LogP contribution in [0.25, 0.3) is 0 Å². The van der Waals surface area contributed by atoms with Crippen molar-refractivity contribution in [2.75, 3.05) is 24.2 Å². The van der Waals surface area contributed by atoms with E-state index in [9.17, 15) is 4.79 Å². The van der Waals surface area contributed by atoms with E-state index in [0.29, 0.717) is 24.4 Å². The van der Waals surface area contributed by atoms with E-state index in [0.717, 1.165) is 17.9 Å². The molecule has 0 atom stereocenters. The number of nitrogens with zero attached hydrogens (tertiary/aromatic N) is 2. The number of benzene rings is 1. The van der Waals surface area contributed by atoms with Gasteiger partial charge in [0.1, 0.15) is 5.82 Å². The lowest BCUT2D eigenvalue weighted by molar-refractivity contribution is 0.0526. The highest BCUT2D eigenvalue weighted by Crippen LogP contribution is 2.20. The van der Waals surface area contributed by atoms with E-state index in [4.69, 9.17) is 10.5 Å². The molecule has 2 rings (SSSR count). The highest BCUT2D eigenvalue weighted by Gasteiger charge is 2.09. The number of nitrogens with one attached hydrogen (secondary N) is 1. The van der Waals surface area contributed by atoms with Gasteiger partial charge in [0.15, 0.2) is 0 Å². The standard InChI is InChI=1S/C15H20N4O2/c1-3-21-15(20)11-4-5-13(12(16)10-11)17-7-6-14-18-8-9-19(14)2/h4-5,8-10,17H,3,6-7,16H2,1-2H3. The molecule has 1 aromatic heterocycles. The highest BCUT2D eigenvalue weighted by molar-refractivity contribution is 5.91. The van der Waals surface area contributed by atoms with Crippen molar-refractivity contribution < 1.29 is 9.53 Å². The third-order valence-corrected chi connectivity index (χ3v) is 3.15. The van der Waals surface area contributed by atoms with Crippen LogP contribution in [0.3, 0.4) is 0 Å². The molecule has 0 aliphatic rings. The monoisotopic (exact) mass is 288 g/mol. The highest BCUT2D eigenvalue weighted by atomic mass is 16.5. The predicted octanol–water partition coefficient (Wildman–Crippen LogP) is 1.83. The second-order valence-electron chi connectivity index (χ2n) is 4.65. The molecule has 0 saturated carbocycles. The molecule has 0 amide bonds. The van der Waals surface area contributed by atoms with Crippen molar-refractivity contribution in [3.8, 4) is 0 Å². The number of ether oxygens (including phenoxy) is 1. The fourth-order valence-corrected chi connectivity index (χ4v) is 2.01. The molecule has 0 saturated heterocycles. The van der Waals surface area contributed by atoms with Gasteiger partial charge in [-0.25, -0.2) is 9.78 Å². The maximum atomic E-state index is 11.6. The van der Waals surface area contributed by atoms with Crippen LogP contribution in [0.2, 0.25) is 0 Å². The minimum Gasteiger partial charge on any atom is -0.462 e. The molecule has 21 heavy (non-hydrogen) atoms. The van der Waals surface area contributed by atoms with E-state index in [1.165, 1.54) is 0 Å². The summed E-state index contributed by atoms with van der Waals surface area (Å²) in [6, 6.07) is 5.12. The zero-order valence-corrected chi connectivity index (χ0v) is 12.3. The number of carbonyl (C=O) groups is 1. The van der Waals surface area contributed by atoms with Gasteiger partial charge >= 0.3 is 5.97 Å². The van der Waals surface area contributed by atoms with E-state index in [1.54, 1.807) is 31.3 Å². The quantitative estimate of drug-likeness (QED) is 0.626. The summed E-state index contributed by atoms with van der Waals surface area (Å²) in [7, 11) is 1.96. The summed E-state index contributed by atoms with van der Waals surface area (Å²) >= 11 is 0. The molecular formula is C15H20N4O2. The second-order valence-corrected chi connectivity index (χ2v) is 4.65. The molecule has 0 aliphatic carbocycles. The van der Waals surface area contributed by atoms with Gasteiger partial charge in [-0.05, 0) is 25.1 Å². The van der Waals surface area contributed by atoms with Crippen LogP contribution in [0, 0.1) is 0 Å². The van der Waals surface area contributed by atoms with Crippen molar-refractivity contribution in [1.82, 2.24) is 9.55 Å². The first-order valence-electron chi connectivity index (χ1n) is 6.88. The normalized spacial score (nSPS) is 10.4. The number of esters is 1. The van der Waals surface area contributed by atoms with Crippen LogP contribution in [0.1, 0.15) is 23.1 Å². The van der Waals surface area contributed by atoms with Gasteiger partial charge in [0.2, 0.25) is 0 Å². The lowest BCUT2D eigenvalue weighted by Crippen LogP contribution is -2.11. The van der Waals surface area contributed by atoms with Crippen LogP contribution >= 0.6 is 0 Å².